The highest BCUT2D eigenvalue weighted by atomic mass is 79.9. The minimum Gasteiger partial charge on any atom is -0.492 e. The molecule has 0 unspecified atom stereocenters. The summed E-state index contributed by atoms with van der Waals surface area (Å²) in [7, 11) is 0. The average Bonchev–Trinajstić information content (AvgIpc) is 2.25. The standard InChI is InChI=1S/C13H17BrO3/c1-9(2)4-3-7-17-12-6-5-10(13(15)16)8-11(12)14/h5-6,8-9H,3-4,7H2,1-2H3,(H,15,16). The normalized spacial score (nSPS) is 10.6. The second-order valence-electron chi connectivity index (χ2n) is 4.33. The van der Waals surface area contributed by atoms with Crippen LogP contribution in [0.3, 0.4) is 0 Å². The molecular weight excluding hydrogens is 284 g/mol. The Morgan fingerprint density at radius 1 is 1.47 bits per heavy atom. The van der Waals surface area contributed by atoms with Gasteiger partial charge >= 0.3 is 5.97 Å². The van der Waals surface area contributed by atoms with Crippen molar-refractivity contribution in [2.24, 2.45) is 5.92 Å². The van der Waals surface area contributed by atoms with E-state index in [4.69, 9.17) is 9.84 Å². The maximum absolute atomic E-state index is 10.7. The lowest BCUT2D eigenvalue weighted by atomic mass is 10.1. The van der Waals surface area contributed by atoms with Gasteiger partial charge in [-0.25, -0.2) is 4.79 Å². The molecule has 0 aliphatic carbocycles. The van der Waals surface area contributed by atoms with Gasteiger partial charge in [-0.15, -0.1) is 0 Å². The molecule has 0 radical (unpaired) electrons. The summed E-state index contributed by atoms with van der Waals surface area (Å²) in [6.07, 6.45) is 2.13. The van der Waals surface area contributed by atoms with Gasteiger partial charge in [0.2, 0.25) is 0 Å². The number of ether oxygens (including phenoxy) is 1. The number of carboxylic acids is 1. The van der Waals surface area contributed by atoms with Gasteiger partial charge in [-0.1, -0.05) is 13.8 Å². The van der Waals surface area contributed by atoms with Gasteiger partial charge in [0.15, 0.2) is 0 Å². The highest BCUT2D eigenvalue weighted by molar-refractivity contribution is 9.10. The van der Waals surface area contributed by atoms with E-state index in [1.165, 1.54) is 0 Å². The third-order valence-electron chi connectivity index (χ3n) is 2.36. The molecule has 1 N–H and O–H groups in total. The van der Waals surface area contributed by atoms with E-state index < -0.39 is 5.97 Å². The number of rotatable bonds is 6. The largest absolute Gasteiger partial charge is 0.492 e. The van der Waals surface area contributed by atoms with E-state index in [1.54, 1.807) is 18.2 Å². The van der Waals surface area contributed by atoms with Gasteiger partial charge in [-0.05, 0) is 52.9 Å². The molecule has 0 heterocycles. The van der Waals surface area contributed by atoms with E-state index >= 15 is 0 Å². The summed E-state index contributed by atoms with van der Waals surface area (Å²) < 4.78 is 6.26. The van der Waals surface area contributed by atoms with E-state index in [-0.39, 0.29) is 5.56 Å². The van der Waals surface area contributed by atoms with Crippen molar-refractivity contribution < 1.29 is 14.6 Å². The molecule has 0 amide bonds. The quantitative estimate of drug-likeness (QED) is 0.809. The van der Waals surface area contributed by atoms with Crippen molar-refractivity contribution >= 4 is 21.9 Å². The van der Waals surface area contributed by atoms with Crippen molar-refractivity contribution in [2.45, 2.75) is 26.7 Å². The molecule has 4 heteroatoms. The summed E-state index contributed by atoms with van der Waals surface area (Å²) >= 11 is 3.31. The SMILES string of the molecule is CC(C)CCCOc1ccc(C(=O)O)cc1Br. The number of carboxylic acid groups (broad SMARTS) is 1. The molecule has 0 aliphatic rings. The zero-order valence-electron chi connectivity index (χ0n) is 10.1. The van der Waals surface area contributed by atoms with Crippen LogP contribution in [0.2, 0.25) is 0 Å². The third kappa shape index (κ3) is 4.77. The summed E-state index contributed by atoms with van der Waals surface area (Å²) in [4.78, 5) is 10.7. The highest BCUT2D eigenvalue weighted by Crippen LogP contribution is 2.26. The molecule has 0 aromatic heterocycles. The average molecular weight is 301 g/mol. The molecule has 1 rings (SSSR count). The molecule has 0 atom stereocenters. The lowest BCUT2D eigenvalue weighted by Crippen LogP contribution is -2.01. The highest BCUT2D eigenvalue weighted by Gasteiger charge is 2.07. The van der Waals surface area contributed by atoms with Crippen molar-refractivity contribution in [2.75, 3.05) is 6.61 Å². The maximum atomic E-state index is 10.7. The Kier molecular flexibility index (Phi) is 5.48. The lowest BCUT2D eigenvalue weighted by Gasteiger charge is -2.09. The molecular formula is C13H17BrO3. The Labute approximate surface area is 110 Å². The van der Waals surface area contributed by atoms with Gasteiger partial charge in [0.05, 0.1) is 16.6 Å². The van der Waals surface area contributed by atoms with Crippen LogP contribution in [0.15, 0.2) is 22.7 Å². The van der Waals surface area contributed by atoms with E-state index in [1.807, 2.05) is 0 Å². The van der Waals surface area contributed by atoms with Crippen molar-refractivity contribution in [3.8, 4) is 5.75 Å². The van der Waals surface area contributed by atoms with Gasteiger partial charge in [0, 0.05) is 0 Å². The number of halogens is 1. The Morgan fingerprint density at radius 3 is 2.71 bits per heavy atom. The van der Waals surface area contributed by atoms with Gasteiger partial charge in [0.1, 0.15) is 5.75 Å². The molecule has 0 aliphatic heterocycles. The predicted octanol–water partition coefficient (Wildman–Crippen LogP) is 3.96. The van der Waals surface area contributed by atoms with E-state index in [9.17, 15) is 4.79 Å². The molecule has 3 nitrogen and oxygen atoms in total. The second kappa shape index (κ2) is 6.64. The Balaban J connectivity index is 2.52. The maximum Gasteiger partial charge on any atom is 0.335 e. The van der Waals surface area contributed by atoms with E-state index in [0.29, 0.717) is 22.7 Å². The predicted molar refractivity (Wildman–Crippen MR) is 70.7 cm³/mol. The zero-order valence-corrected chi connectivity index (χ0v) is 11.7. The molecule has 0 fully saturated rings. The minimum absolute atomic E-state index is 0.256. The van der Waals surface area contributed by atoms with Crippen molar-refractivity contribution in [3.63, 3.8) is 0 Å². The number of aromatic carboxylic acids is 1. The summed E-state index contributed by atoms with van der Waals surface area (Å²) in [6, 6.07) is 4.79. The third-order valence-corrected chi connectivity index (χ3v) is 2.98. The van der Waals surface area contributed by atoms with Crippen LogP contribution < -0.4 is 4.74 Å². The summed E-state index contributed by atoms with van der Waals surface area (Å²) in [6.45, 7) is 5.01. The van der Waals surface area contributed by atoms with E-state index in [0.717, 1.165) is 12.8 Å². The molecule has 17 heavy (non-hydrogen) atoms. The first-order valence-corrected chi connectivity index (χ1v) is 6.45. The Bertz CT molecular complexity index is 388. The van der Waals surface area contributed by atoms with Crippen LogP contribution in [0, 0.1) is 5.92 Å². The van der Waals surface area contributed by atoms with Crippen LogP contribution in [0.25, 0.3) is 0 Å². The van der Waals surface area contributed by atoms with Crippen LogP contribution in [-0.2, 0) is 0 Å². The molecule has 0 bridgehead atoms. The lowest BCUT2D eigenvalue weighted by molar-refractivity contribution is 0.0697. The molecule has 94 valence electrons. The topological polar surface area (TPSA) is 46.5 Å². The van der Waals surface area contributed by atoms with E-state index in [2.05, 4.69) is 29.8 Å². The smallest absolute Gasteiger partial charge is 0.335 e. The van der Waals surface area contributed by atoms with Gasteiger partial charge in [0.25, 0.3) is 0 Å². The summed E-state index contributed by atoms with van der Waals surface area (Å²) in [5.74, 6) is 0.437. The molecule has 0 saturated carbocycles. The fraction of sp³-hybridized carbons (Fsp3) is 0.462. The van der Waals surface area contributed by atoms with Crippen molar-refractivity contribution in [3.05, 3.63) is 28.2 Å². The fourth-order valence-electron chi connectivity index (χ4n) is 1.42. The molecule has 0 spiro atoms. The Hall–Kier alpha value is -1.03. The monoisotopic (exact) mass is 300 g/mol. The number of carbonyl (C=O) groups is 1. The van der Waals surface area contributed by atoms with Crippen LogP contribution in [0.4, 0.5) is 0 Å². The first-order valence-electron chi connectivity index (χ1n) is 5.66. The number of hydrogen-bond acceptors (Lipinski definition) is 2. The van der Waals surface area contributed by atoms with Crippen LogP contribution >= 0.6 is 15.9 Å². The summed E-state index contributed by atoms with van der Waals surface area (Å²) in [5.41, 5.74) is 0.256. The first-order chi connectivity index (χ1) is 8.00. The van der Waals surface area contributed by atoms with Gasteiger partial charge in [-0.3, -0.25) is 0 Å². The molecule has 1 aromatic rings. The number of hydrogen-bond donors (Lipinski definition) is 1. The minimum atomic E-state index is -0.933. The molecule has 1 aromatic carbocycles. The Morgan fingerprint density at radius 2 is 2.18 bits per heavy atom. The van der Waals surface area contributed by atoms with Gasteiger partial charge < -0.3 is 9.84 Å². The van der Waals surface area contributed by atoms with Crippen LogP contribution in [0.1, 0.15) is 37.0 Å². The zero-order chi connectivity index (χ0) is 12.8. The fourth-order valence-corrected chi connectivity index (χ4v) is 1.92. The van der Waals surface area contributed by atoms with Gasteiger partial charge in [-0.2, -0.15) is 0 Å². The van der Waals surface area contributed by atoms with Crippen LogP contribution in [-0.4, -0.2) is 17.7 Å². The summed E-state index contributed by atoms with van der Waals surface area (Å²) in [5, 5.41) is 8.81. The van der Waals surface area contributed by atoms with Crippen molar-refractivity contribution in [1.29, 1.82) is 0 Å². The van der Waals surface area contributed by atoms with Crippen LogP contribution in [0.5, 0.6) is 5.75 Å². The number of benzene rings is 1. The first kappa shape index (κ1) is 14.0. The second-order valence-corrected chi connectivity index (χ2v) is 5.19. The molecule has 0 saturated heterocycles. The van der Waals surface area contributed by atoms with Crippen molar-refractivity contribution in [1.82, 2.24) is 0 Å².